The molecule has 7 heteroatoms. The Hall–Kier alpha value is -0.950. The third kappa shape index (κ3) is 3.50. The minimum Gasteiger partial charge on any atom is -0.480 e. The van der Waals surface area contributed by atoms with Crippen molar-refractivity contribution in [3.8, 4) is 0 Å². The van der Waals surface area contributed by atoms with Crippen LogP contribution in [-0.4, -0.2) is 62.9 Å². The first-order valence-electron chi connectivity index (χ1n) is 5.44. The van der Waals surface area contributed by atoms with E-state index in [4.69, 9.17) is 9.84 Å². The molecule has 3 unspecified atom stereocenters. The summed E-state index contributed by atoms with van der Waals surface area (Å²) in [4.78, 5) is 24.2. The lowest BCUT2D eigenvalue weighted by atomic mass is 10.3. The van der Waals surface area contributed by atoms with Gasteiger partial charge in [-0.1, -0.05) is 0 Å². The van der Waals surface area contributed by atoms with Gasteiger partial charge in [0, 0.05) is 23.9 Å². The number of carbonyl (C=O) groups is 2. The Balaban J connectivity index is 2.62. The first kappa shape index (κ1) is 14.1. The topological polar surface area (TPSA) is 83.9 Å². The largest absolute Gasteiger partial charge is 0.480 e. The van der Waals surface area contributed by atoms with E-state index in [2.05, 4.69) is 0 Å². The van der Waals surface area contributed by atoms with Crippen LogP contribution in [0.4, 0.5) is 0 Å². The molecule has 1 amide bonds. The highest BCUT2D eigenvalue weighted by Gasteiger charge is 2.31. The van der Waals surface area contributed by atoms with Crippen LogP contribution in [0.5, 0.6) is 0 Å². The Morgan fingerprint density at radius 3 is 2.24 bits per heavy atom. The van der Waals surface area contributed by atoms with Gasteiger partial charge in [0.25, 0.3) is 0 Å². The maximum absolute atomic E-state index is 12.0. The molecule has 0 aromatic heterocycles. The molecule has 1 aliphatic rings. The summed E-state index contributed by atoms with van der Waals surface area (Å²) in [6.45, 7) is 4.75. The van der Waals surface area contributed by atoms with Crippen LogP contribution in [0, 0.1) is 0 Å². The van der Waals surface area contributed by atoms with Crippen molar-refractivity contribution in [2.24, 2.45) is 0 Å². The summed E-state index contributed by atoms with van der Waals surface area (Å²) in [7, 11) is -1.70. The Bertz CT molecular complexity index is 327. The normalized spacial score (nSPS) is 21.6. The van der Waals surface area contributed by atoms with Gasteiger partial charge in [-0.25, -0.2) is 0 Å². The molecule has 1 aliphatic heterocycles. The molecule has 0 spiro atoms. The maximum Gasteiger partial charge on any atom is 0.319 e. The Morgan fingerprint density at radius 1 is 1.24 bits per heavy atom. The molecule has 1 heterocycles. The number of hydrogen-bond acceptors (Lipinski definition) is 4. The van der Waals surface area contributed by atoms with Crippen molar-refractivity contribution in [2.45, 2.75) is 24.3 Å². The standard InChI is InChI=1S/C10H17NO5S/c1-7(17(15)8(2)10(13)14)9(12)11-3-5-16-6-4-11/h7-8H,3-6H2,1-2H3,(H,13,14). The lowest BCUT2D eigenvalue weighted by Crippen LogP contribution is -2.47. The molecule has 0 aromatic carbocycles. The third-order valence-corrected chi connectivity index (χ3v) is 4.51. The van der Waals surface area contributed by atoms with Crippen LogP contribution in [0.3, 0.4) is 0 Å². The number of rotatable bonds is 4. The molecule has 1 N–H and O–H groups in total. The lowest BCUT2D eigenvalue weighted by molar-refractivity contribution is -0.136. The lowest BCUT2D eigenvalue weighted by Gasteiger charge is -2.29. The van der Waals surface area contributed by atoms with Crippen LogP contribution >= 0.6 is 0 Å². The summed E-state index contributed by atoms with van der Waals surface area (Å²) in [6, 6.07) is 0. The van der Waals surface area contributed by atoms with Gasteiger partial charge in [0.15, 0.2) is 0 Å². The molecule has 0 saturated carbocycles. The van der Waals surface area contributed by atoms with Crippen molar-refractivity contribution >= 4 is 22.7 Å². The number of amides is 1. The van der Waals surface area contributed by atoms with E-state index < -0.39 is 27.3 Å². The second-order valence-electron chi connectivity index (χ2n) is 3.89. The number of carboxylic acid groups (broad SMARTS) is 1. The fraction of sp³-hybridized carbons (Fsp3) is 0.800. The van der Waals surface area contributed by atoms with Gasteiger partial charge in [0.1, 0.15) is 10.5 Å². The van der Waals surface area contributed by atoms with Crippen LogP contribution in [0.15, 0.2) is 0 Å². The fourth-order valence-corrected chi connectivity index (χ4v) is 2.70. The Morgan fingerprint density at radius 2 is 1.76 bits per heavy atom. The summed E-state index contributed by atoms with van der Waals surface area (Å²) in [5.41, 5.74) is 0. The highest BCUT2D eigenvalue weighted by Crippen LogP contribution is 2.09. The summed E-state index contributed by atoms with van der Waals surface area (Å²) in [5, 5.41) is 6.93. The molecule has 0 bridgehead atoms. The van der Waals surface area contributed by atoms with Gasteiger partial charge in [-0.15, -0.1) is 0 Å². The molecule has 17 heavy (non-hydrogen) atoms. The van der Waals surface area contributed by atoms with Crippen molar-refractivity contribution in [2.75, 3.05) is 26.3 Å². The van der Waals surface area contributed by atoms with Gasteiger partial charge in [-0.05, 0) is 13.8 Å². The third-order valence-electron chi connectivity index (χ3n) is 2.72. The predicted octanol–water partition coefficient (Wildman–Crippen LogP) is -0.544. The van der Waals surface area contributed by atoms with Gasteiger partial charge >= 0.3 is 5.97 Å². The van der Waals surface area contributed by atoms with Crippen molar-refractivity contribution < 1.29 is 23.6 Å². The first-order chi connectivity index (χ1) is 7.95. The van der Waals surface area contributed by atoms with Crippen molar-refractivity contribution in [3.63, 3.8) is 0 Å². The van der Waals surface area contributed by atoms with Gasteiger partial charge in [0.05, 0.1) is 13.2 Å². The molecule has 6 nitrogen and oxygen atoms in total. The summed E-state index contributed by atoms with van der Waals surface area (Å²) < 4.78 is 16.9. The molecular formula is C10H17NO5S. The van der Waals surface area contributed by atoms with E-state index in [-0.39, 0.29) is 5.91 Å². The summed E-state index contributed by atoms with van der Waals surface area (Å²) in [5.74, 6) is -1.41. The zero-order chi connectivity index (χ0) is 13.0. The molecule has 1 rings (SSSR count). The molecule has 0 radical (unpaired) electrons. The van der Waals surface area contributed by atoms with Crippen LogP contribution < -0.4 is 0 Å². The minimum atomic E-state index is -1.70. The van der Waals surface area contributed by atoms with E-state index >= 15 is 0 Å². The quantitative estimate of drug-likeness (QED) is 0.736. The zero-order valence-corrected chi connectivity index (χ0v) is 10.7. The second-order valence-corrected chi connectivity index (χ2v) is 5.96. The van der Waals surface area contributed by atoms with Crippen LogP contribution in [0.1, 0.15) is 13.8 Å². The predicted molar refractivity (Wildman–Crippen MR) is 62.1 cm³/mol. The van der Waals surface area contributed by atoms with E-state index in [9.17, 15) is 13.8 Å². The van der Waals surface area contributed by atoms with E-state index in [0.717, 1.165) is 0 Å². The van der Waals surface area contributed by atoms with Crippen molar-refractivity contribution in [1.29, 1.82) is 0 Å². The molecule has 0 aromatic rings. The van der Waals surface area contributed by atoms with Crippen LogP contribution in [0.25, 0.3) is 0 Å². The number of morpholine rings is 1. The number of aliphatic carboxylic acids is 1. The highest BCUT2D eigenvalue weighted by atomic mass is 32.2. The van der Waals surface area contributed by atoms with E-state index in [1.54, 1.807) is 4.90 Å². The molecular weight excluding hydrogens is 246 g/mol. The molecule has 0 aliphatic carbocycles. The SMILES string of the molecule is CC(C(=O)O)S(=O)C(C)C(=O)N1CCOCC1. The molecule has 1 saturated heterocycles. The van der Waals surface area contributed by atoms with Crippen LogP contribution in [0.2, 0.25) is 0 Å². The van der Waals surface area contributed by atoms with Gasteiger partial charge in [0.2, 0.25) is 5.91 Å². The number of carbonyl (C=O) groups excluding carboxylic acids is 1. The number of carboxylic acids is 1. The van der Waals surface area contributed by atoms with Gasteiger partial charge in [-0.3, -0.25) is 13.8 Å². The monoisotopic (exact) mass is 263 g/mol. The van der Waals surface area contributed by atoms with E-state index in [0.29, 0.717) is 26.3 Å². The average Bonchev–Trinajstić information content (AvgIpc) is 2.36. The smallest absolute Gasteiger partial charge is 0.319 e. The summed E-state index contributed by atoms with van der Waals surface area (Å²) >= 11 is 0. The number of ether oxygens (including phenoxy) is 1. The molecule has 1 fully saturated rings. The average molecular weight is 263 g/mol. The number of hydrogen-bond donors (Lipinski definition) is 1. The van der Waals surface area contributed by atoms with Crippen molar-refractivity contribution in [1.82, 2.24) is 4.90 Å². The summed E-state index contributed by atoms with van der Waals surface area (Å²) in [6.07, 6.45) is 0. The highest BCUT2D eigenvalue weighted by molar-refractivity contribution is 7.87. The first-order valence-corrected chi connectivity index (χ1v) is 6.71. The Kier molecular flexibility index (Phi) is 5.07. The zero-order valence-electron chi connectivity index (χ0n) is 9.92. The number of nitrogens with zero attached hydrogens (tertiary/aromatic N) is 1. The van der Waals surface area contributed by atoms with E-state index in [1.807, 2.05) is 0 Å². The van der Waals surface area contributed by atoms with Gasteiger partial charge < -0.3 is 14.7 Å². The second kappa shape index (κ2) is 6.11. The van der Waals surface area contributed by atoms with Gasteiger partial charge in [-0.2, -0.15) is 0 Å². The van der Waals surface area contributed by atoms with Crippen molar-refractivity contribution in [3.05, 3.63) is 0 Å². The molecule has 3 atom stereocenters. The Labute approximate surface area is 102 Å². The minimum absolute atomic E-state index is 0.264. The van der Waals surface area contributed by atoms with Crippen LogP contribution in [-0.2, 0) is 25.1 Å². The molecule has 98 valence electrons. The van der Waals surface area contributed by atoms with E-state index in [1.165, 1.54) is 13.8 Å². The fourth-order valence-electron chi connectivity index (χ4n) is 1.55. The maximum atomic E-state index is 12.0.